The molecule has 0 bridgehead atoms. The van der Waals surface area contributed by atoms with Crippen LogP contribution in [0.4, 0.5) is 20.3 Å². The Morgan fingerprint density at radius 2 is 1.88 bits per heavy atom. The van der Waals surface area contributed by atoms with Gasteiger partial charge < -0.3 is 25.6 Å². The lowest BCUT2D eigenvalue weighted by atomic mass is 9.91. The van der Waals surface area contributed by atoms with Crippen molar-refractivity contribution in [3.8, 4) is 17.6 Å². The Morgan fingerprint density at radius 3 is 2.55 bits per heavy atom. The second kappa shape index (κ2) is 11.3. The van der Waals surface area contributed by atoms with Gasteiger partial charge in [-0.3, -0.25) is 4.98 Å². The van der Waals surface area contributed by atoms with Crippen LogP contribution in [0, 0.1) is 18.3 Å². The minimum absolute atomic E-state index is 0.136. The first kappa shape index (κ1) is 28.4. The van der Waals surface area contributed by atoms with Crippen molar-refractivity contribution in [3.63, 3.8) is 0 Å². The maximum absolute atomic E-state index is 14.9. The van der Waals surface area contributed by atoms with Gasteiger partial charge in [0.1, 0.15) is 48.0 Å². The minimum Gasteiger partial charge on any atom is -0.489 e. The van der Waals surface area contributed by atoms with Crippen LogP contribution in [-0.2, 0) is 5.92 Å². The van der Waals surface area contributed by atoms with E-state index in [4.69, 9.17) is 15.2 Å². The number of fused-ring (bicyclic) bond motifs is 1. The number of nitriles is 1. The summed E-state index contributed by atoms with van der Waals surface area (Å²) in [7, 11) is 0. The Morgan fingerprint density at radius 1 is 1.12 bits per heavy atom. The summed E-state index contributed by atoms with van der Waals surface area (Å²) >= 11 is 0. The molecule has 0 saturated heterocycles. The molecule has 0 saturated carbocycles. The number of nitrogens with two attached hydrogens (primary N) is 1. The van der Waals surface area contributed by atoms with Gasteiger partial charge in [-0.25, -0.2) is 9.97 Å². The lowest BCUT2D eigenvalue weighted by Crippen LogP contribution is -2.40. The summed E-state index contributed by atoms with van der Waals surface area (Å²) in [5.41, 5.74) is 4.70. The van der Waals surface area contributed by atoms with Crippen molar-refractivity contribution in [1.82, 2.24) is 15.0 Å². The number of anilines is 2. The fourth-order valence-electron chi connectivity index (χ4n) is 4.08. The number of aryl methyl sites for hydroxylation is 1. The van der Waals surface area contributed by atoms with E-state index in [1.54, 1.807) is 56.6 Å². The molecule has 208 valence electrons. The molecule has 9 nitrogen and oxygen atoms in total. The van der Waals surface area contributed by atoms with Crippen LogP contribution in [0.25, 0.3) is 10.9 Å². The molecule has 1 atom stereocenters. The number of nitrogens with zero attached hydrogens (tertiary/aromatic N) is 4. The molecule has 0 radical (unpaired) electrons. The van der Waals surface area contributed by atoms with Crippen LogP contribution < -0.4 is 20.5 Å². The number of rotatable bonds is 10. The van der Waals surface area contributed by atoms with Gasteiger partial charge in [0.25, 0.3) is 0 Å². The topological polar surface area (TPSA) is 139 Å². The average Bonchev–Trinajstić information content (AvgIpc) is 2.90. The first-order valence-electron chi connectivity index (χ1n) is 12.5. The monoisotopic (exact) mass is 548 g/mol. The van der Waals surface area contributed by atoms with E-state index in [-0.39, 0.29) is 18.9 Å². The molecule has 2 heterocycles. The number of nitrogens with one attached hydrogen (secondary N) is 1. The molecule has 0 spiro atoms. The number of aromatic nitrogens is 3. The SMILES string of the molecule is Cc1nc(N[C@H](C)c2cc(N)cc(C(F)(F)C(C)(C)O)c2)c2cc(OCCOc3cccnc3)c(C#N)cc2n1. The third kappa shape index (κ3) is 6.18. The third-order valence-corrected chi connectivity index (χ3v) is 6.24. The molecule has 40 heavy (non-hydrogen) atoms. The largest absolute Gasteiger partial charge is 0.489 e. The van der Waals surface area contributed by atoms with Crippen LogP contribution in [0.3, 0.4) is 0 Å². The van der Waals surface area contributed by atoms with E-state index in [9.17, 15) is 19.1 Å². The van der Waals surface area contributed by atoms with Gasteiger partial charge in [0.05, 0.1) is 23.3 Å². The minimum atomic E-state index is -3.53. The van der Waals surface area contributed by atoms with Gasteiger partial charge in [-0.2, -0.15) is 14.0 Å². The molecule has 0 aliphatic rings. The molecule has 0 aliphatic heterocycles. The highest BCUT2D eigenvalue weighted by molar-refractivity contribution is 5.91. The van der Waals surface area contributed by atoms with Gasteiger partial charge in [-0.15, -0.1) is 0 Å². The Kier molecular flexibility index (Phi) is 8.02. The van der Waals surface area contributed by atoms with Gasteiger partial charge in [0.2, 0.25) is 0 Å². The van der Waals surface area contributed by atoms with Crippen LogP contribution in [0.1, 0.15) is 49.3 Å². The zero-order chi connectivity index (χ0) is 29.1. The van der Waals surface area contributed by atoms with Crippen molar-refractivity contribution in [2.75, 3.05) is 24.3 Å². The van der Waals surface area contributed by atoms with Gasteiger partial charge >= 0.3 is 5.92 Å². The fourth-order valence-corrected chi connectivity index (χ4v) is 4.08. The quantitative estimate of drug-likeness (QED) is 0.178. The van der Waals surface area contributed by atoms with Gasteiger partial charge in [0, 0.05) is 22.8 Å². The number of ether oxygens (including phenoxy) is 2. The first-order chi connectivity index (χ1) is 18.9. The van der Waals surface area contributed by atoms with Gasteiger partial charge in [0.15, 0.2) is 0 Å². The molecular weight excluding hydrogens is 518 g/mol. The molecule has 0 aliphatic carbocycles. The van der Waals surface area contributed by atoms with Crippen molar-refractivity contribution in [2.24, 2.45) is 0 Å². The number of pyridine rings is 1. The zero-order valence-electron chi connectivity index (χ0n) is 22.6. The first-order valence-corrected chi connectivity index (χ1v) is 12.5. The average molecular weight is 549 g/mol. The van der Waals surface area contributed by atoms with E-state index in [1.807, 2.05) is 0 Å². The summed E-state index contributed by atoms with van der Waals surface area (Å²) in [5.74, 6) is -1.74. The fraction of sp³-hybridized carbons (Fsp3) is 0.310. The molecule has 2 aromatic heterocycles. The predicted octanol–water partition coefficient (Wildman–Crippen LogP) is 5.28. The highest BCUT2D eigenvalue weighted by atomic mass is 19.3. The standard InChI is InChI=1S/C29H30F2N6O3/c1-17(19-10-21(13-22(33)11-19)29(30,31)28(3,4)38)35-27-24-14-26(20(15-32)12-25(24)36-18(2)37-27)40-9-8-39-23-6-5-7-34-16-23/h5-7,10-14,16-17,38H,8-9,33H2,1-4H3,(H,35,36,37)/t17-/m1/s1. The highest BCUT2D eigenvalue weighted by Gasteiger charge is 2.47. The number of alkyl halides is 2. The molecule has 4 rings (SSSR count). The highest BCUT2D eigenvalue weighted by Crippen LogP contribution is 2.40. The number of aliphatic hydroxyl groups is 1. The summed E-state index contributed by atoms with van der Waals surface area (Å²) in [5, 5.41) is 23.6. The van der Waals surface area contributed by atoms with Crippen molar-refractivity contribution >= 4 is 22.4 Å². The van der Waals surface area contributed by atoms with Gasteiger partial charge in [-0.05, 0) is 75.7 Å². The molecule has 0 unspecified atom stereocenters. The van der Waals surface area contributed by atoms with Crippen molar-refractivity contribution in [2.45, 2.75) is 45.3 Å². The zero-order valence-corrected chi connectivity index (χ0v) is 22.6. The number of hydrogen-bond donors (Lipinski definition) is 3. The van der Waals surface area contributed by atoms with E-state index in [1.165, 1.54) is 6.07 Å². The Balaban J connectivity index is 1.62. The number of halogens is 2. The molecule has 0 amide bonds. The summed E-state index contributed by atoms with van der Waals surface area (Å²) in [4.78, 5) is 13.0. The second-order valence-electron chi connectivity index (χ2n) is 9.87. The van der Waals surface area contributed by atoms with Crippen LogP contribution in [0.5, 0.6) is 11.5 Å². The van der Waals surface area contributed by atoms with E-state index in [0.717, 1.165) is 19.9 Å². The summed E-state index contributed by atoms with van der Waals surface area (Å²) < 4.78 is 41.3. The smallest absolute Gasteiger partial charge is 0.300 e. The maximum atomic E-state index is 14.9. The van der Waals surface area contributed by atoms with E-state index >= 15 is 0 Å². The van der Waals surface area contributed by atoms with E-state index in [2.05, 4.69) is 26.3 Å². The lowest BCUT2D eigenvalue weighted by molar-refractivity contribution is -0.168. The van der Waals surface area contributed by atoms with Crippen molar-refractivity contribution in [3.05, 3.63) is 77.4 Å². The number of hydrogen-bond acceptors (Lipinski definition) is 9. The van der Waals surface area contributed by atoms with Crippen LogP contribution in [-0.4, -0.2) is 38.9 Å². The lowest BCUT2D eigenvalue weighted by Gasteiger charge is -2.30. The van der Waals surface area contributed by atoms with Gasteiger partial charge in [-0.1, -0.05) is 0 Å². The normalized spacial score (nSPS) is 12.6. The molecule has 0 fully saturated rings. The van der Waals surface area contributed by atoms with E-state index < -0.39 is 23.1 Å². The van der Waals surface area contributed by atoms with Crippen LogP contribution in [0.15, 0.2) is 54.9 Å². The predicted molar refractivity (Wildman–Crippen MR) is 147 cm³/mol. The van der Waals surface area contributed by atoms with Crippen LogP contribution in [0.2, 0.25) is 0 Å². The Labute approximate surface area is 230 Å². The van der Waals surface area contributed by atoms with Crippen molar-refractivity contribution < 1.29 is 23.4 Å². The molecule has 4 aromatic rings. The Hall–Kier alpha value is -4.56. The Bertz CT molecular complexity index is 1550. The number of nitrogen functional groups attached to an aromatic ring is 1. The summed E-state index contributed by atoms with van der Waals surface area (Å²) in [6.07, 6.45) is 3.23. The molecular formula is C29H30F2N6O3. The van der Waals surface area contributed by atoms with Crippen LogP contribution >= 0.6 is 0 Å². The number of benzene rings is 2. The summed E-state index contributed by atoms with van der Waals surface area (Å²) in [6, 6.07) is 12.5. The third-order valence-electron chi connectivity index (χ3n) is 6.24. The van der Waals surface area contributed by atoms with E-state index in [0.29, 0.717) is 45.2 Å². The molecule has 11 heteroatoms. The summed E-state index contributed by atoms with van der Waals surface area (Å²) in [6.45, 7) is 5.99. The maximum Gasteiger partial charge on any atom is 0.300 e. The second-order valence-corrected chi connectivity index (χ2v) is 9.87. The molecule has 4 N–H and O–H groups in total. The molecule has 2 aromatic carbocycles. The van der Waals surface area contributed by atoms with Crippen molar-refractivity contribution in [1.29, 1.82) is 5.26 Å².